The van der Waals surface area contributed by atoms with Gasteiger partial charge in [0.2, 0.25) is 12.3 Å². The normalized spacial score (nSPS) is 16.5. The molecule has 0 aliphatic carbocycles. The lowest BCUT2D eigenvalue weighted by molar-refractivity contribution is 0.0901. The highest BCUT2D eigenvalue weighted by atomic mass is 16.5. The number of carbonyl (C=O) groups is 1. The fourth-order valence-corrected chi connectivity index (χ4v) is 4.26. The lowest BCUT2D eigenvalue weighted by Crippen LogP contribution is -2.56. The molecule has 0 saturated carbocycles. The molecule has 0 fully saturated rings. The molecule has 2 atom stereocenters. The van der Waals surface area contributed by atoms with Gasteiger partial charge in [-0.2, -0.15) is 15.4 Å². The van der Waals surface area contributed by atoms with Crippen LogP contribution in [0.3, 0.4) is 0 Å². The number of fused-ring (bicyclic) bond motifs is 1. The molecule has 0 spiro atoms. The van der Waals surface area contributed by atoms with Gasteiger partial charge < -0.3 is 14.8 Å². The van der Waals surface area contributed by atoms with E-state index < -0.39 is 0 Å². The fourth-order valence-electron chi connectivity index (χ4n) is 4.26. The minimum absolute atomic E-state index is 0.0277. The van der Waals surface area contributed by atoms with Crippen molar-refractivity contribution < 1.29 is 14.3 Å². The highest BCUT2D eigenvalue weighted by Crippen LogP contribution is 2.42. The van der Waals surface area contributed by atoms with Crippen LogP contribution in [0, 0.1) is 0 Å². The molecule has 5 rings (SSSR count). The number of para-hydroxylation sites is 2. The number of hydrogen-bond acceptors (Lipinski definition) is 7. The SMILES string of the molecule is COc1ccc(OC)c(C(=O)N[N+]2(c3ccnc(NC(C)c4ccccc4)n3)C=Nc3ccccc32)c1. The maximum Gasteiger partial charge on any atom is 0.301 e. The van der Waals surface area contributed by atoms with Crippen LogP contribution in [0.15, 0.2) is 90.1 Å². The van der Waals surface area contributed by atoms with Crippen molar-refractivity contribution in [1.82, 2.24) is 20.0 Å². The van der Waals surface area contributed by atoms with Gasteiger partial charge in [0.15, 0.2) is 5.69 Å². The first-order valence-electron chi connectivity index (χ1n) is 11.8. The quantitative estimate of drug-likeness (QED) is 0.321. The second kappa shape index (κ2) is 10.1. The molecule has 1 aliphatic heterocycles. The molecule has 4 aromatic rings. The minimum atomic E-state index is -0.385. The van der Waals surface area contributed by atoms with Crippen LogP contribution in [0.25, 0.3) is 0 Å². The van der Waals surface area contributed by atoms with Crippen LogP contribution in [-0.2, 0) is 0 Å². The molecule has 37 heavy (non-hydrogen) atoms. The molecule has 2 heterocycles. The van der Waals surface area contributed by atoms with E-state index in [0.717, 1.165) is 16.9 Å². The molecule has 186 valence electrons. The smallest absolute Gasteiger partial charge is 0.301 e. The number of quaternary nitrogens is 1. The Balaban J connectivity index is 1.54. The first-order valence-corrected chi connectivity index (χ1v) is 11.8. The molecule has 9 heteroatoms. The summed E-state index contributed by atoms with van der Waals surface area (Å²) in [5.74, 6) is 1.52. The average molecular weight is 496 g/mol. The largest absolute Gasteiger partial charge is 0.497 e. The number of benzene rings is 3. The number of rotatable bonds is 8. The number of nitrogens with one attached hydrogen (secondary N) is 2. The number of ether oxygens (including phenoxy) is 2. The van der Waals surface area contributed by atoms with Crippen molar-refractivity contribution >= 4 is 35.4 Å². The molecule has 1 aromatic heterocycles. The van der Waals surface area contributed by atoms with E-state index in [0.29, 0.717) is 28.8 Å². The summed E-state index contributed by atoms with van der Waals surface area (Å²) in [6, 6.07) is 24.4. The third-order valence-corrected chi connectivity index (χ3v) is 6.21. The topological polar surface area (TPSA) is 97.7 Å². The first-order chi connectivity index (χ1) is 18.0. The van der Waals surface area contributed by atoms with Crippen LogP contribution < -0.4 is 24.8 Å². The van der Waals surface area contributed by atoms with Crippen molar-refractivity contribution in [3.05, 3.63) is 96.2 Å². The van der Waals surface area contributed by atoms with Crippen molar-refractivity contribution in [3.63, 3.8) is 0 Å². The van der Waals surface area contributed by atoms with Gasteiger partial charge in [0.05, 0.1) is 25.8 Å². The highest BCUT2D eigenvalue weighted by molar-refractivity contribution is 6.03. The highest BCUT2D eigenvalue weighted by Gasteiger charge is 2.43. The Bertz CT molecular complexity index is 1460. The number of hydrogen-bond donors (Lipinski definition) is 2. The Kier molecular flexibility index (Phi) is 6.53. The summed E-state index contributed by atoms with van der Waals surface area (Å²) in [4.78, 5) is 27.5. The molecule has 1 aliphatic rings. The van der Waals surface area contributed by atoms with Crippen molar-refractivity contribution in [1.29, 1.82) is 0 Å². The molecule has 0 saturated heterocycles. The number of nitrogens with zero attached hydrogens (tertiary/aromatic N) is 4. The number of aliphatic imine (C=N–C) groups is 1. The Morgan fingerprint density at radius 1 is 0.946 bits per heavy atom. The van der Waals surface area contributed by atoms with Crippen molar-refractivity contribution in [2.75, 3.05) is 19.5 Å². The van der Waals surface area contributed by atoms with E-state index in [4.69, 9.17) is 14.5 Å². The van der Waals surface area contributed by atoms with E-state index in [1.165, 1.54) is 7.11 Å². The molecule has 9 nitrogen and oxygen atoms in total. The zero-order valence-electron chi connectivity index (χ0n) is 20.8. The van der Waals surface area contributed by atoms with E-state index in [1.54, 1.807) is 43.9 Å². The Hall–Kier alpha value is -4.76. The van der Waals surface area contributed by atoms with Crippen LogP contribution in [0.4, 0.5) is 23.1 Å². The van der Waals surface area contributed by atoms with E-state index in [1.807, 2.05) is 61.5 Å². The van der Waals surface area contributed by atoms with E-state index in [2.05, 4.69) is 20.7 Å². The van der Waals surface area contributed by atoms with Gasteiger partial charge in [0.25, 0.3) is 5.82 Å². The van der Waals surface area contributed by atoms with Gasteiger partial charge in [-0.3, -0.25) is 4.79 Å². The summed E-state index contributed by atoms with van der Waals surface area (Å²) in [5, 5.41) is 3.36. The molecule has 1 amide bonds. The van der Waals surface area contributed by atoms with Gasteiger partial charge in [0.1, 0.15) is 17.2 Å². The summed E-state index contributed by atoms with van der Waals surface area (Å²) in [6.07, 6.45) is 3.32. The van der Waals surface area contributed by atoms with Crippen LogP contribution in [-0.4, -0.2) is 36.4 Å². The monoisotopic (exact) mass is 495 g/mol. The van der Waals surface area contributed by atoms with E-state index >= 15 is 0 Å². The van der Waals surface area contributed by atoms with E-state index in [-0.39, 0.29) is 16.5 Å². The lowest BCUT2D eigenvalue weighted by atomic mass is 10.1. The second-order valence-electron chi connectivity index (χ2n) is 8.48. The van der Waals surface area contributed by atoms with Gasteiger partial charge in [-0.15, -0.1) is 0 Å². The molecular formula is C28H27N6O3+. The molecule has 3 aromatic carbocycles. The predicted molar refractivity (Wildman–Crippen MR) is 144 cm³/mol. The third-order valence-electron chi connectivity index (χ3n) is 6.21. The fraction of sp³-hybridized carbons (Fsp3) is 0.143. The van der Waals surface area contributed by atoms with Crippen molar-refractivity contribution in [3.8, 4) is 11.5 Å². The maximum absolute atomic E-state index is 13.7. The van der Waals surface area contributed by atoms with Gasteiger partial charge in [-0.25, -0.2) is 4.98 Å². The molecule has 0 bridgehead atoms. The number of carbonyl (C=O) groups excluding carboxylic acids is 1. The summed E-state index contributed by atoms with van der Waals surface area (Å²) >= 11 is 0. The van der Waals surface area contributed by atoms with Crippen LogP contribution in [0.5, 0.6) is 11.5 Å². The first kappa shape index (κ1) is 24.0. The zero-order chi connectivity index (χ0) is 25.8. The summed E-state index contributed by atoms with van der Waals surface area (Å²) in [6.45, 7) is 2.04. The van der Waals surface area contributed by atoms with Gasteiger partial charge in [-0.1, -0.05) is 47.1 Å². The van der Waals surface area contributed by atoms with Crippen molar-refractivity contribution in [2.45, 2.75) is 13.0 Å². The lowest BCUT2D eigenvalue weighted by Gasteiger charge is -2.28. The Morgan fingerprint density at radius 3 is 2.51 bits per heavy atom. The minimum Gasteiger partial charge on any atom is -0.497 e. The number of methoxy groups -OCH3 is 2. The van der Waals surface area contributed by atoms with E-state index in [9.17, 15) is 4.79 Å². The predicted octanol–water partition coefficient (Wildman–Crippen LogP) is 5.32. The zero-order valence-corrected chi connectivity index (χ0v) is 20.8. The molecular weight excluding hydrogens is 468 g/mol. The van der Waals surface area contributed by atoms with Gasteiger partial charge in [-0.05, 0) is 36.8 Å². The molecule has 0 radical (unpaired) electrons. The molecule has 2 unspecified atom stereocenters. The Labute approximate surface area is 215 Å². The second-order valence-corrected chi connectivity index (χ2v) is 8.48. The molecule has 2 N–H and O–H groups in total. The summed E-state index contributed by atoms with van der Waals surface area (Å²) in [5.41, 5.74) is 6.02. The summed E-state index contributed by atoms with van der Waals surface area (Å²) in [7, 11) is 3.07. The van der Waals surface area contributed by atoms with Gasteiger partial charge >= 0.3 is 5.91 Å². The third kappa shape index (κ3) is 4.60. The number of amides is 1. The van der Waals surface area contributed by atoms with Gasteiger partial charge in [0, 0.05) is 18.3 Å². The average Bonchev–Trinajstić information content (AvgIpc) is 3.32. The van der Waals surface area contributed by atoms with Crippen LogP contribution in [0.1, 0.15) is 28.9 Å². The maximum atomic E-state index is 13.7. The Morgan fingerprint density at radius 2 is 1.73 bits per heavy atom. The van der Waals surface area contributed by atoms with Crippen LogP contribution in [0.2, 0.25) is 0 Å². The van der Waals surface area contributed by atoms with Crippen LogP contribution >= 0.6 is 0 Å². The standard InChI is InChI=1S/C28H26N6O3/c1-19(20-9-5-4-6-10-20)31-28-29-16-15-26(32-28)34(18-30-23-11-7-8-12-24(23)34)33-27(35)22-17-21(36-2)13-14-25(22)37-3/h4-19H,1-3H3,(H-,29,31,32,33,35)/p+1. The summed E-state index contributed by atoms with van der Waals surface area (Å²) < 4.78 is 10.6. The number of anilines is 1. The van der Waals surface area contributed by atoms with Crippen molar-refractivity contribution in [2.24, 2.45) is 4.99 Å². The number of aromatic nitrogens is 2.